The second kappa shape index (κ2) is 3.51. The van der Waals surface area contributed by atoms with Crippen LogP contribution in [0.4, 0.5) is 3.89 Å². The largest absolute Gasteiger partial charge is 0.341 e. The quantitative estimate of drug-likeness (QED) is 0.459. The molecule has 0 unspecified atom stereocenters. The highest BCUT2D eigenvalue weighted by atomic mass is 35.5. The molecule has 2 heterocycles. The van der Waals surface area contributed by atoms with Crippen molar-refractivity contribution >= 4 is 55.0 Å². The Hall–Kier alpha value is -0.500. The number of nitrogens with zero attached hydrogens (tertiary/aromatic N) is 2. The van der Waals surface area contributed by atoms with Gasteiger partial charge < -0.3 is 0 Å². The predicted molar refractivity (Wildman–Crippen MR) is 55.7 cm³/mol. The van der Waals surface area contributed by atoms with Gasteiger partial charge in [0.25, 0.3) is 0 Å². The summed E-state index contributed by atoms with van der Waals surface area (Å²) in [6.07, 6.45) is 0. The van der Waals surface area contributed by atoms with Crippen LogP contribution in [-0.4, -0.2) is 18.4 Å². The van der Waals surface area contributed by atoms with Gasteiger partial charge in [0.05, 0.1) is 10.2 Å². The summed E-state index contributed by atoms with van der Waals surface area (Å²) in [6.45, 7) is 0. The minimum atomic E-state index is -4.75. The molecule has 0 N–H and O–H groups in total. The van der Waals surface area contributed by atoms with Crippen molar-refractivity contribution in [2.45, 2.75) is 4.21 Å². The summed E-state index contributed by atoms with van der Waals surface area (Å²) >= 11 is 11.8. The Kier molecular flexibility index (Phi) is 2.58. The molecule has 0 bridgehead atoms. The fourth-order valence-corrected chi connectivity index (χ4v) is 3.09. The third kappa shape index (κ3) is 2.05. The highest BCUT2D eigenvalue weighted by molar-refractivity contribution is 7.88. The number of hydrogen-bond donors (Lipinski definition) is 0. The van der Waals surface area contributed by atoms with Crippen molar-refractivity contribution in [1.82, 2.24) is 9.97 Å². The fourth-order valence-electron chi connectivity index (χ4n) is 0.967. The summed E-state index contributed by atoms with van der Waals surface area (Å²) in [5, 5.41) is -0.113. The van der Waals surface area contributed by atoms with Crippen molar-refractivity contribution in [3.8, 4) is 0 Å². The predicted octanol–water partition coefficient (Wildman–Crippen LogP) is 2.66. The van der Waals surface area contributed by atoms with E-state index < -0.39 is 14.4 Å². The molecule has 0 aliphatic heterocycles. The van der Waals surface area contributed by atoms with Crippen LogP contribution in [0.25, 0.3) is 10.2 Å². The summed E-state index contributed by atoms with van der Waals surface area (Å²) in [7, 11) is -4.75. The van der Waals surface area contributed by atoms with Gasteiger partial charge >= 0.3 is 10.2 Å². The molecule has 4 nitrogen and oxygen atoms in total. The number of rotatable bonds is 1. The van der Waals surface area contributed by atoms with Crippen molar-refractivity contribution in [2.24, 2.45) is 0 Å². The second-order valence-electron chi connectivity index (χ2n) is 2.50. The lowest BCUT2D eigenvalue weighted by atomic mass is 10.5. The van der Waals surface area contributed by atoms with Crippen LogP contribution in [0.3, 0.4) is 0 Å². The van der Waals surface area contributed by atoms with E-state index >= 15 is 0 Å². The topological polar surface area (TPSA) is 59.9 Å². The van der Waals surface area contributed by atoms with Crippen molar-refractivity contribution in [3.63, 3.8) is 0 Å². The van der Waals surface area contributed by atoms with Gasteiger partial charge in [-0.3, -0.25) is 0 Å². The van der Waals surface area contributed by atoms with E-state index in [0.29, 0.717) is 11.3 Å². The van der Waals surface area contributed by atoms with Gasteiger partial charge in [-0.1, -0.05) is 15.5 Å². The van der Waals surface area contributed by atoms with Crippen LogP contribution in [0, 0.1) is 0 Å². The first-order chi connectivity index (χ1) is 6.88. The molecule has 9 heteroatoms. The van der Waals surface area contributed by atoms with Crippen molar-refractivity contribution in [2.75, 3.05) is 0 Å². The highest BCUT2D eigenvalue weighted by Gasteiger charge is 2.18. The van der Waals surface area contributed by atoms with E-state index in [9.17, 15) is 12.3 Å². The van der Waals surface area contributed by atoms with E-state index in [2.05, 4.69) is 9.97 Å². The van der Waals surface area contributed by atoms with Crippen LogP contribution in [0.5, 0.6) is 0 Å². The van der Waals surface area contributed by atoms with E-state index in [1.165, 1.54) is 0 Å². The third-order valence-electron chi connectivity index (χ3n) is 1.52. The number of halogens is 3. The molecule has 0 spiro atoms. The average molecular weight is 287 g/mol. The van der Waals surface area contributed by atoms with Gasteiger partial charge in [-0.2, -0.15) is 8.42 Å². The lowest BCUT2D eigenvalue weighted by molar-refractivity contribution is 0.554. The maximum absolute atomic E-state index is 12.7. The Morgan fingerprint density at radius 1 is 1.33 bits per heavy atom. The van der Waals surface area contributed by atoms with Crippen LogP contribution in [-0.2, 0) is 10.2 Å². The Morgan fingerprint density at radius 2 is 2.00 bits per heavy atom. The van der Waals surface area contributed by atoms with Gasteiger partial charge in [-0.05, 0) is 17.7 Å². The molecule has 0 saturated carbocycles. The van der Waals surface area contributed by atoms with Crippen LogP contribution in [0.2, 0.25) is 10.4 Å². The van der Waals surface area contributed by atoms with Gasteiger partial charge in [-0.25, -0.2) is 9.97 Å². The number of fused-ring (bicyclic) bond motifs is 1. The lowest BCUT2D eigenvalue weighted by Crippen LogP contribution is -1.85. The Balaban J connectivity index is 2.82. The first-order valence-corrected chi connectivity index (χ1v) is 6.41. The number of aromatic nitrogens is 2. The van der Waals surface area contributed by atoms with Gasteiger partial charge in [0.2, 0.25) is 5.28 Å². The number of thiophene rings is 1. The molecule has 2 aromatic heterocycles. The van der Waals surface area contributed by atoms with Gasteiger partial charge in [0.15, 0.2) is 9.36 Å². The molecule has 0 atom stereocenters. The first kappa shape index (κ1) is 11.0. The van der Waals surface area contributed by atoms with E-state index in [1.807, 2.05) is 0 Å². The molecule has 0 aliphatic carbocycles. The zero-order chi connectivity index (χ0) is 11.2. The third-order valence-corrected chi connectivity index (χ3v) is 4.45. The first-order valence-electron chi connectivity index (χ1n) is 3.45. The summed E-state index contributed by atoms with van der Waals surface area (Å²) < 4.78 is 33.7. The van der Waals surface area contributed by atoms with Crippen molar-refractivity contribution in [3.05, 3.63) is 16.5 Å². The minimum absolute atomic E-state index is 0.00454. The molecule has 0 aliphatic rings. The standard InChI is InChI=1S/C6HCl2FN2O2S2/c7-5-4-2(10-6(8)11-5)1-3(14-4)15(9,12)13/h1H. The molecule has 2 rings (SSSR count). The van der Waals surface area contributed by atoms with Crippen LogP contribution >= 0.6 is 34.5 Å². The zero-order valence-electron chi connectivity index (χ0n) is 6.74. The molecule has 0 saturated heterocycles. The Bertz CT molecular complexity index is 640. The minimum Gasteiger partial charge on any atom is -0.217 e. The van der Waals surface area contributed by atoms with Gasteiger partial charge in [-0.15, -0.1) is 11.3 Å². The van der Waals surface area contributed by atoms with Gasteiger partial charge in [0, 0.05) is 0 Å². The number of hydrogen-bond acceptors (Lipinski definition) is 5. The normalized spacial score (nSPS) is 12.2. The Morgan fingerprint density at radius 3 is 2.60 bits per heavy atom. The smallest absolute Gasteiger partial charge is 0.217 e. The van der Waals surface area contributed by atoms with E-state index in [0.717, 1.165) is 6.07 Å². The SMILES string of the molecule is O=S(=O)(F)c1cc2nc(Cl)nc(Cl)c2s1. The highest BCUT2D eigenvalue weighted by Crippen LogP contribution is 2.33. The summed E-state index contributed by atoms with van der Waals surface area (Å²) in [5.41, 5.74) is 0.209. The van der Waals surface area contributed by atoms with E-state index in [-0.39, 0.29) is 20.7 Å². The van der Waals surface area contributed by atoms with E-state index in [4.69, 9.17) is 23.2 Å². The maximum atomic E-state index is 12.7. The average Bonchev–Trinajstić information content (AvgIpc) is 2.46. The van der Waals surface area contributed by atoms with Crippen molar-refractivity contribution in [1.29, 1.82) is 0 Å². The lowest BCUT2D eigenvalue weighted by Gasteiger charge is -1.91. The molecule has 0 amide bonds. The molecular formula is C6HCl2FN2O2S2. The summed E-state index contributed by atoms with van der Waals surface area (Å²) in [4.78, 5) is 7.33. The van der Waals surface area contributed by atoms with E-state index in [1.54, 1.807) is 0 Å². The summed E-state index contributed by atoms with van der Waals surface area (Å²) in [6, 6.07) is 1.06. The zero-order valence-corrected chi connectivity index (χ0v) is 9.88. The fraction of sp³-hybridized carbons (Fsp3) is 0. The van der Waals surface area contributed by atoms with Crippen LogP contribution in [0.1, 0.15) is 0 Å². The van der Waals surface area contributed by atoms with Gasteiger partial charge in [0.1, 0.15) is 0 Å². The molecule has 15 heavy (non-hydrogen) atoms. The molecule has 0 aromatic carbocycles. The van der Waals surface area contributed by atoms with Crippen LogP contribution in [0.15, 0.2) is 10.3 Å². The van der Waals surface area contributed by atoms with Crippen LogP contribution < -0.4 is 0 Å². The molecule has 2 aromatic rings. The second-order valence-corrected chi connectivity index (χ2v) is 5.82. The molecule has 80 valence electrons. The maximum Gasteiger partial charge on any atom is 0.341 e. The van der Waals surface area contributed by atoms with Crippen molar-refractivity contribution < 1.29 is 12.3 Å². The Labute approximate surface area is 97.9 Å². The molecular weight excluding hydrogens is 286 g/mol. The molecule has 0 radical (unpaired) electrons. The summed E-state index contributed by atoms with van der Waals surface area (Å²) in [5.74, 6) is 0. The monoisotopic (exact) mass is 286 g/mol. The molecule has 0 fully saturated rings.